The second kappa shape index (κ2) is 3.98. The van der Waals surface area contributed by atoms with Crippen LogP contribution >= 0.6 is 0 Å². The van der Waals surface area contributed by atoms with Gasteiger partial charge in [0.05, 0.1) is 10.9 Å². The summed E-state index contributed by atoms with van der Waals surface area (Å²) < 4.78 is 11.6. The average molecular weight is 261 g/mol. The molecule has 3 rings (SSSR count). The van der Waals surface area contributed by atoms with Gasteiger partial charge in [0.2, 0.25) is 12.7 Å². The molecule has 1 amide bonds. The summed E-state index contributed by atoms with van der Waals surface area (Å²) in [4.78, 5) is 27.7. The van der Waals surface area contributed by atoms with Gasteiger partial charge in [0, 0.05) is 13.0 Å². The van der Waals surface area contributed by atoms with Crippen LogP contribution in [0.25, 0.3) is 10.9 Å². The number of aryl methyl sites for hydroxylation is 1. The van der Waals surface area contributed by atoms with Gasteiger partial charge in [0.1, 0.15) is 5.82 Å². The Morgan fingerprint density at radius 3 is 2.74 bits per heavy atom. The van der Waals surface area contributed by atoms with Gasteiger partial charge in [0.25, 0.3) is 5.56 Å². The number of carbonyl (C=O) groups excluding carboxylic acids is 1. The fourth-order valence-corrected chi connectivity index (χ4v) is 1.98. The van der Waals surface area contributed by atoms with E-state index < -0.39 is 0 Å². The molecule has 0 fully saturated rings. The zero-order valence-electron chi connectivity index (χ0n) is 10.4. The summed E-state index contributed by atoms with van der Waals surface area (Å²) in [5, 5.41) is 0.364. The molecule has 0 atom stereocenters. The van der Waals surface area contributed by atoms with Crippen molar-refractivity contribution >= 4 is 16.8 Å². The quantitative estimate of drug-likeness (QED) is 0.809. The number of aromatic nitrogens is 2. The smallest absolute Gasteiger partial charge is 0.280 e. The van der Waals surface area contributed by atoms with Gasteiger partial charge < -0.3 is 9.47 Å². The maximum absolute atomic E-state index is 12.3. The molecule has 2 heterocycles. The number of rotatable bonds is 1. The van der Waals surface area contributed by atoms with E-state index in [4.69, 9.17) is 9.47 Å². The van der Waals surface area contributed by atoms with Crippen LogP contribution in [0.1, 0.15) is 12.7 Å². The number of hydrogen-bond donors (Lipinski definition) is 1. The molecule has 0 radical (unpaired) electrons. The number of benzene rings is 1. The third-order valence-corrected chi connectivity index (χ3v) is 2.80. The van der Waals surface area contributed by atoms with Crippen molar-refractivity contribution in [2.75, 3.05) is 12.2 Å². The van der Waals surface area contributed by atoms with E-state index in [2.05, 4.69) is 10.4 Å². The monoisotopic (exact) mass is 261 g/mol. The Morgan fingerprint density at radius 2 is 2.05 bits per heavy atom. The lowest BCUT2D eigenvalue weighted by Crippen LogP contribution is -2.34. The number of nitrogens with zero attached hydrogens (tertiary/aromatic N) is 2. The Bertz CT molecular complexity index is 751. The van der Waals surface area contributed by atoms with Gasteiger partial charge in [-0.1, -0.05) is 0 Å². The molecular formula is C12H11N3O4. The predicted octanol–water partition coefficient (Wildman–Crippen LogP) is 0.524. The van der Waals surface area contributed by atoms with Crippen LogP contribution in [-0.2, 0) is 4.79 Å². The largest absolute Gasteiger partial charge is 0.454 e. The minimum atomic E-state index is -0.351. The molecule has 0 bridgehead atoms. The molecule has 1 aliphatic rings. The van der Waals surface area contributed by atoms with Crippen molar-refractivity contribution < 1.29 is 14.3 Å². The minimum absolute atomic E-state index is 0.129. The van der Waals surface area contributed by atoms with Gasteiger partial charge in [-0.15, -0.1) is 0 Å². The lowest BCUT2D eigenvalue weighted by atomic mass is 10.2. The molecule has 1 aromatic carbocycles. The molecule has 1 aromatic heterocycles. The fourth-order valence-electron chi connectivity index (χ4n) is 1.98. The first-order valence-corrected chi connectivity index (χ1v) is 5.67. The first-order chi connectivity index (χ1) is 9.06. The predicted molar refractivity (Wildman–Crippen MR) is 66.9 cm³/mol. The second-order valence-electron chi connectivity index (χ2n) is 4.19. The van der Waals surface area contributed by atoms with E-state index >= 15 is 0 Å². The van der Waals surface area contributed by atoms with Crippen molar-refractivity contribution in [1.82, 2.24) is 9.66 Å². The van der Waals surface area contributed by atoms with E-state index in [0.29, 0.717) is 28.2 Å². The van der Waals surface area contributed by atoms with Crippen LogP contribution in [0.5, 0.6) is 11.5 Å². The Hall–Kier alpha value is -2.57. The minimum Gasteiger partial charge on any atom is -0.454 e. The summed E-state index contributed by atoms with van der Waals surface area (Å²) in [6.45, 7) is 3.10. The highest BCUT2D eigenvalue weighted by molar-refractivity contribution is 5.84. The molecule has 1 N–H and O–H groups in total. The molecule has 0 saturated carbocycles. The van der Waals surface area contributed by atoms with Gasteiger partial charge >= 0.3 is 0 Å². The number of fused-ring (bicyclic) bond motifs is 2. The van der Waals surface area contributed by atoms with Gasteiger partial charge in [0.15, 0.2) is 11.5 Å². The highest BCUT2D eigenvalue weighted by Gasteiger charge is 2.18. The Morgan fingerprint density at radius 1 is 1.37 bits per heavy atom. The van der Waals surface area contributed by atoms with Crippen LogP contribution < -0.4 is 20.5 Å². The first kappa shape index (κ1) is 11.5. The van der Waals surface area contributed by atoms with Crippen molar-refractivity contribution in [2.45, 2.75) is 13.8 Å². The lowest BCUT2D eigenvalue weighted by molar-refractivity contribution is -0.115. The van der Waals surface area contributed by atoms with Crippen LogP contribution in [0.3, 0.4) is 0 Å². The van der Waals surface area contributed by atoms with E-state index in [9.17, 15) is 9.59 Å². The lowest BCUT2D eigenvalue weighted by Gasteiger charge is -2.10. The van der Waals surface area contributed by atoms with Crippen molar-refractivity contribution in [1.29, 1.82) is 0 Å². The average Bonchev–Trinajstić information content (AvgIpc) is 2.79. The van der Waals surface area contributed by atoms with E-state index in [0.717, 1.165) is 4.68 Å². The molecule has 19 heavy (non-hydrogen) atoms. The number of amides is 1. The van der Waals surface area contributed by atoms with E-state index in [1.54, 1.807) is 19.1 Å². The van der Waals surface area contributed by atoms with Crippen molar-refractivity contribution in [3.8, 4) is 11.5 Å². The van der Waals surface area contributed by atoms with Crippen LogP contribution in [0.4, 0.5) is 0 Å². The fraction of sp³-hybridized carbons (Fsp3) is 0.250. The van der Waals surface area contributed by atoms with E-state index in [-0.39, 0.29) is 18.3 Å². The molecule has 7 nitrogen and oxygen atoms in total. The van der Waals surface area contributed by atoms with Gasteiger partial charge in [-0.25, -0.2) is 9.66 Å². The van der Waals surface area contributed by atoms with Crippen LogP contribution in [0.2, 0.25) is 0 Å². The third kappa shape index (κ3) is 1.79. The Balaban J connectivity index is 2.29. The summed E-state index contributed by atoms with van der Waals surface area (Å²) in [7, 11) is 0. The van der Waals surface area contributed by atoms with Crippen molar-refractivity contribution in [3.63, 3.8) is 0 Å². The molecule has 0 saturated heterocycles. The standard InChI is InChI=1S/C12H11N3O4/c1-6-13-9-4-11-10(18-5-19-11)3-8(9)12(17)15(6)14-7(2)16/h3-4H,5H2,1-2H3,(H,14,16). The molecule has 0 spiro atoms. The SMILES string of the molecule is CC(=O)Nn1c(C)nc2cc3c(cc2c1=O)OCO3. The molecule has 98 valence electrons. The summed E-state index contributed by atoms with van der Waals surface area (Å²) in [6.07, 6.45) is 0. The normalized spacial score (nSPS) is 12.7. The molecule has 0 unspecified atom stereocenters. The number of ether oxygens (including phenoxy) is 2. The molecule has 0 aliphatic carbocycles. The summed E-state index contributed by atoms with van der Waals surface area (Å²) in [5.74, 6) is 1.12. The topological polar surface area (TPSA) is 82.5 Å². The van der Waals surface area contributed by atoms with Gasteiger partial charge in [-0.2, -0.15) is 0 Å². The van der Waals surface area contributed by atoms with Crippen LogP contribution in [-0.4, -0.2) is 22.4 Å². The highest BCUT2D eigenvalue weighted by atomic mass is 16.7. The Labute approximate surface area is 107 Å². The van der Waals surface area contributed by atoms with E-state index in [1.807, 2.05) is 0 Å². The van der Waals surface area contributed by atoms with Crippen molar-refractivity contribution in [3.05, 3.63) is 28.3 Å². The third-order valence-electron chi connectivity index (χ3n) is 2.80. The Kier molecular flexibility index (Phi) is 2.41. The van der Waals surface area contributed by atoms with Crippen molar-refractivity contribution in [2.24, 2.45) is 0 Å². The van der Waals surface area contributed by atoms with Gasteiger partial charge in [-0.05, 0) is 13.0 Å². The van der Waals surface area contributed by atoms with E-state index in [1.165, 1.54) is 6.92 Å². The van der Waals surface area contributed by atoms with Gasteiger partial charge in [-0.3, -0.25) is 15.0 Å². The first-order valence-electron chi connectivity index (χ1n) is 5.67. The second-order valence-corrected chi connectivity index (χ2v) is 4.19. The van der Waals surface area contributed by atoms with Crippen LogP contribution in [0, 0.1) is 6.92 Å². The molecule has 7 heteroatoms. The maximum Gasteiger partial charge on any atom is 0.280 e. The number of carbonyl (C=O) groups is 1. The summed E-state index contributed by atoms with van der Waals surface area (Å²) in [5.41, 5.74) is 2.59. The van der Waals surface area contributed by atoms with Crippen LogP contribution in [0.15, 0.2) is 16.9 Å². The highest BCUT2D eigenvalue weighted by Crippen LogP contribution is 2.34. The summed E-state index contributed by atoms with van der Waals surface area (Å²) in [6, 6.07) is 3.23. The molecule has 1 aliphatic heterocycles. The molecule has 2 aromatic rings. The zero-order valence-corrected chi connectivity index (χ0v) is 10.4. The molecular weight excluding hydrogens is 250 g/mol. The number of nitrogens with one attached hydrogen (secondary N) is 1. The zero-order chi connectivity index (χ0) is 13.6. The maximum atomic E-state index is 12.3. The number of hydrogen-bond acceptors (Lipinski definition) is 5. The summed E-state index contributed by atoms with van der Waals surface area (Å²) >= 11 is 0.